The Morgan fingerprint density at radius 3 is 2.23 bits per heavy atom. The minimum atomic E-state index is -3.66. The van der Waals surface area contributed by atoms with Crippen LogP contribution in [0.2, 0.25) is 0 Å². The number of ketones is 1. The lowest BCUT2D eigenvalue weighted by molar-refractivity contribution is -0.116. The van der Waals surface area contributed by atoms with Crippen molar-refractivity contribution in [3.05, 3.63) is 59.2 Å². The summed E-state index contributed by atoms with van der Waals surface area (Å²) in [6.07, 6.45) is -0.00139. The van der Waals surface area contributed by atoms with Gasteiger partial charge in [0.05, 0.1) is 4.90 Å². The van der Waals surface area contributed by atoms with Crippen molar-refractivity contribution in [2.75, 3.05) is 11.9 Å². The summed E-state index contributed by atoms with van der Waals surface area (Å²) in [6.45, 7) is 5.09. The van der Waals surface area contributed by atoms with Gasteiger partial charge in [-0.15, -0.1) is 0 Å². The third kappa shape index (κ3) is 5.24. The van der Waals surface area contributed by atoms with Gasteiger partial charge in [0, 0.05) is 24.2 Å². The summed E-state index contributed by atoms with van der Waals surface area (Å²) >= 11 is 0. The van der Waals surface area contributed by atoms with Gasteiger partial charge < -0.3 is 5.32 Å². The van der Waals surface area contributed by atoms with Crippen molar-refractivity contribution in [1.29, 1.82) is 0 Å². The number of sulfonamides is 1. The van der Waals surface area contributed by atoms with Crippen LogP contribution < -0.4 is 10.0 Å². The van der Waals surface area contributed by atoms with Gasteiger partial charge in [-0.3, -0.25) is 9.59 Å². The highest BCUT2D eigenvalue weighted by Crippen LogP contribution is 2.16. The van der Waals surface area contributed by atoms with Gasteiger partial charge in [0.25, 0.3) is 0 Å². The van der Waals surface area contributed by atoms with Gasteiger partial charge in [0.1, 0.15) is 0 Å². The molecule has 0 saturated heterocycles. The van der Waals surface area contributed by atoms with E-state index < -0.39 is 10.0 Å². The van der Waals surface area contributed by atoms with Crippen LogP contribution >= 0.6 is 0 Å². The van der Waals surface area contributed by atoms with E-state index in [1.807, 2.05) is 6.92 Å². The summed E-state index contributed by atoms with van der Waals surface area (Å²) < 4.78 is 27.1. The minimum Gasteiger partial charge on any atom is -0.326 e. The number of nitrogens with one attached hydrogen (secondary N) is 2. The first-order valence-corrected chi connectivity index (χ1v) is 9.65. The molecule has 0 bridgehead atoms. The summed E-state index contributed by atoms with van der Waals surface area (Å²) in [4.78, 5) is 23.4. The Hall–Kier alpha value is -2.51. The lowest BCUT2D eigenvalue weighted by Gasteiger charge is -2.10. The van der Waals surface area contributed by atoms with E-state index in [2.05, 4.69) is 10.0 Å². The van der Waals surface area contributed by atoms with Crippen LogP contribution in [0.3, 0.4) is 0 Å². The maximum Gasteiger partial charge on any atom is 0.240 e. The highest BCUT2D eigenvalue weighted by molar-refractivity contribution is 7.89. The van der Waals surface area contributed by atoms with Gasteiger partial charge in [0.2, 0.25) is 15.9 Å². The van der Waals surface area contributed by atoms with E-state index in [0.29, 0.717) is 16.8 Å². The number of carbonyl (C=O) groups excluding carboxylic acids is 2. The van der Waals surface area contributed by atoms with E-state index in [4.69, 9.17) is 0 Å². The minimum absolute atomic E-state index is 0.00139. The molecule has 1 amide bonds. The first kappa shape index (κ1) is 19.8. The topological polar surface area (TPSA) is 92.3 Å². The quantitative estimate of drug-likeness (QED) is 0.729. The van der Waals surface area contributed by atoms with Crippen LogP contribution in [0.1, 0.15) is 34.8 Å². The van der Waals surface area contributed by atoms with Crippen LogP contribution in [-0.2, 0) is 14.8 Å². The number of hydrogen-bond donors (Lipinski definition) is 2. The van der Waals surface area contributed by atoms with Gasteiger partial charge >= 0.3 is 0 Å². The van der Waals surface area contributed by atoms with E-state index in [1.165, 1.54) is 6.92 Å². The first-order valence-electron chi connectivity index (χ1n) is 8.17. The standard InChI is InChI=1S/C19H22N2O4S/c1-13-4-9-18(14(2)12-13)26(24,25)20-11-10-19(23)21-17-7-5-16(6-8-17)15(3)22/h4-9,12,20H,10-11H2,1-3H3,(H,21,23). The van der Waals surface area contributed by atoms with Crippen LogP contribution in [0.4, 0.5) is 5.69 Å². The number of benzene rings is 2. The van der Waals surface area contributed by atoms with Crippen LogP contribution in [-0.4, -0.2) is 26.7 Å². The molecule has 2 rings (SSSR count). The molecule has 0 heterocycles. The van der Waals surface area contributed by atoms with Crippen molar-refractivity contribution in [3.8, 4) is 0 Å². The number of aryl methyl sites for hydroxylation is 2. The summed E-state index contributed by atoms with van der Waals surface area (Å²) in [6, 6.07) is 11.6. The van der Waals surface area contributed by atoms with E-state index in [1.54, 1.807) is 49.4 Å². The van der Waals surface area contributed by atoms with Crippen molar-refractivity contribution in [2.45, 2.75) is 32.1 Å². The number of amides is 1. The third-order valence-corrected chi connectivity index (χ3v) is 5.46. The van der Waals surface area contributed by atoms with Gasteiger partial charge in [-0.25, -0.2) is 13.1 Å². The molecule has 0 aromatic heterocycles. The fourth-order valence-corrected chi connectivity index (χ4v) is 3.75. The molecule has 0 aliphatic heterocycles. The maximum atomic E-state index is 12.3. The predicted molar refractivity (Wildman–Crippen MR) is 101 cm³/mol. The maximum absolute atomic E-state index is 12.3. The second-order valence-corrected chi connectivity index (χ2v) is 7.83. The smallest absolute Gasteiger partial charge is 0.240 e. The number of hydrogen-bond acceptors (Lipinski definition) is 4. The van der Waals surface area contributed by atoms with Crippen LogP contribution in [0, 0.1) is 13.8 Å². The number of rotatable bonds is 7. The molecule has 0 radical (unpaired) electrons. The van der Waals surface area contributed by atoms with Crippen molar-refractivity contribution < 1.29 is 18.0 Å². The summed E-state index contributed by atoms with van der Waals surface area (Å²) in [5, 5.41) is 2.67. The van der Waals surface area contributed by atoms with Crippen molar-refractivity contribution in [3.63, 3.8) is 0 Å². The average molecular weight is 374 g/mol. The Labute approximate surface area is 153 Å². The van der Waals surface area contributed by atoms with Gasteiger partial charge in [-0.1, -0.05) is 17.7 Å². The Balaban J connectivity index is 1.90. The molecule has 0 unspecified atom stereocenters. The summed E-state index contributed by atoms with van der Waals surface area (Å²) in [7, 11) is -3.66. The average Bonchev–Trinajstić information content (AvgIpc) is 2.54. The van der Waals surface area contributed by atoms with Gasteiger partial charge in [-0.2, -0.15) is 0 Å². The molecule has 0 saturated carbocycles. The van der Waals surface area contributed by atoms with Crippen molar-refractivity contribution in [2.24, 2.45) is 0 Å². The molecule has 0 spiro atoms. The Morgan fingerprint density at radius 1 is 1.00 bits per heavy atom. The molecule has 0 atom stereocenters. The molecule has 2 N–H and O–H groups in total. The van der Waals surface area contributed by atoms with Crippen molar-refractivity contribution >= 4 is 27.4 Å². The normalized spacial score (nSPS) is 11.2. The third-order valence-electron chi connectivity index (χ3n) is 3.84. The van der Waals surface area contributed by atoms with E-state index in [-0.39, 0.29) is 29.6 Å². The zero-order chi connectivity index (χ0) is 19.3. The zero-order valence-electron chi connectivity index (χ0n) is 15.0. The molecule has 2 aromatic rings. The molecule has 0 aliphatic carbocycles. The van der Waals surface area contributed by atoms with Gasteiger partial charge in [0.15, 0.2) is 5.78 Å². The number of carbonyl (C=O) groups is 2. The summed E-state index contributed by atoms with van der Waals surface area (Å²) in [5.41, 5.74) is 2.76. The number of anilines is 1. The second kappa shape index (κ2) is 8.25. The van der Waals surface area contributed by atoms with Crippen LogP contribution in [0.5, 0.6) is 0 Å². The Bertz CT molecular complexity index is 919. The molecule has 138 valence electrons. The summed E-state index contributed by atoms with van der Waals surface area (Å²) in [5.74, 6) is -0.368. The molecular formula is C19H22N2O4S. The molecule has 6 nitrogen and oxygen atoms in total. The fourth-order valence-electron chi connectivity index (χ4n) is 2.49. The molecule has 2 aromatic carbocycles. The highest BCUT2D eigenvalue weighted by Gasteiger charge is 2.16. The monoisotopic (exact) mass is 374 g/mol. The lowest BCUT2D eigenvalue weighted by atomic mass is 10.1. The van der Waals surface area contributed by atoms with E-state index in [0.717, 1.165) is 5.56 Å². The number of Topliss-reactive ketones (excluding diaryl/α,β-unsaturated/α-hetero) is 1. The molecule has 26 heavy (non-hydrogen) atoms. The fraction of sp³-hybridized carbons (Fsp3) is 0.263. The molecular weight excluding hydrogens is 352 g/mol. The SMILES string of the molecule is CC(=O)c1ccc(NC(=O)CCNS(=O)(=O)c2ccc(C)cc2C)cc1. The van der Waals surface area contributed by atoms with E-state index >= 15 is 0 Å². The Kier molecular flexibility index (Phi) is 6.28. The Morgan fingerprint density at radius 2 is 1.65 bits per heavy atom. The molecule has 0 fully saturated rings. The second-order valence-electron chi connectivity index (χ2n) is 6.10. The van der Waals surface area contributed by atoms with Crippen LogP contribution in [0.15, 0.2) is 47.4 Å². The molecule has 7 heteroatoms. The van der Waals surface area contributed by atoms with Crippen LogP contribution in [0.25, 0.3) is 0 Å². The zero-order valence-corrected chi connectivity index (χ0v) is 15.8. The van der Waals surface area contributed by atoms with E-state index in [9.17, 15) is 18.0 Å². The largest absolute Gasteiger partial charge is 0.326 e. The highest BCUT2D eigenvalue weighted by atomic mass is 32.2. The molecule has 0 aliphatic rings. The first-order chi connectivity index (χ1) is 12.2. The van der Waals surface area contributed by atoms with Crippen molar-refractivity contribution in [1.82, 2.24) is 4.72 Å². The predicted octanol–water partition coefficient (Wildman–Crippen LogP) is 2.81. The lowest BCUT2D eigenvalue weighted by Crippen LogP contribution is -2.28. The van der Waals surface area contributed by atoms with Gasteiger partial charge in [-0.05, 0) is 56.7 Å².